The minimum atomic E-state index is -0.0977. The first-order valence-electron chi connectivity index (χ1n) is 9.18. The Kier molecular flexibility index (Phi) is 5.47. The number of aromatic nitrogens is 3. The molecule has 0 spiro atoms. The van der Waals surface area contributed by atoms with E-state index in [1.165, 1.54) is 11.3 Å². The lowest BCUT2D eigenvalue weighted by molar-refractivity contribution is -0.117. The second-order valence-corrected chi connectivity index (χ2v) is 7.74. The minimum absolute atomic E-state index is 0.0977. The standard InChI is InChI=1S/C19H22N6O2S/c1-12-10-25(7-5-20-12)11-17(26)23-16-9-14(19-21-6-8-28-19)22-18(24-16)15-4-3-13(2)27-15/h3-4,6,8-9,12,20H,5,7,10-11H2,1-2H3,(H,22,23,24,26)/t12-/m1/s1. The molecular formula is C19H22N6O2S. The highest BCUT2D eigenvalue weighted by Crippen LogP contribution is 2.26. The summed E-state index contributed by atoms with van der Waals surface area (Å²) in [6.07, 6.45) is 1.72. The number of piperazine rings is 1. The fraction of sp³-hybridized carbons (Fsp3) is 0.368. The molecule has 4 rings (SSSR count). The van der Waals surface area contributed by atoms with Crippen molar-refractivity contribution in [3.8, 4) is 22.3 Å². The van der Waals surface area contributed by atoms with Crippen molar-refractivity contribution in [2.45, 2.75) is 19.9 Å². The largest absolute Gasteiger partial charge is 0.458 e. The Morgan fingerprint density at radius 2 is 2.32 bits per heavy atom. The SMILES string of the molecule is Cc1ccc(-c2nc(NC(=O)CN3CCN[C@H](C)C3)cc(-c3nccs3)n2)o1. The lowest BCUT2D eigenvalue weighted by atomic mass is 10.2. The molecule has 0 aliphatic carbocycles. The predicted octanol–water partition coefficient (Wildman–Crippen LogP) is 2.40. The van der Waals surface area contributed by atoms with E-state index in [1.54, 1.807) is 12.3 Å². The van der Waals surface area contributed by atoms with Crippen LogP contribution in [-0.2, 0) is 4.79 Å². The summed E-state index contributed by atoms with van der Waals surface area (Å²) in [6, 6.07) is 5.81. The Balaban J connectivity index is 1.57. The number of carbonyl (C=O) groups is 1. The Hall–Kier alpha value is -2.62. The van der Waals surface area contributed by atoms with Gasteiger partial charge < -0.3 is 15.1 Å². The van der Waals surface area contributed by atoms with Crippen LogP contribution in [0.5, 0.6) is 0 Å². The maximum Gasteiger partial charge on any atom is 0.239 e. The average molecular weight is 398 g/mol. The number of rotatable bonds is 5. The molecule has 0 saturated carbocycles. The van der Waals surface area contributed by atoms with E-state index < -0.39 is 0 Å². The highest BCUT2D eigenvalue weighted by atomic mass is 32.1. The first-order chi connectivity index (χ1) is 13.6. The maximum atomic E-state index is 12.6. The quantitative estimate of drug-likeness (QED) is 0.681. The summed E-state index contributed by atoms with van der Waals surface area (Å²) in [5, 5.41) is 8.93. The van der Waals surface area contributed by atoms with E-state index in [1.807, 2.05) is 24.4 Å². The van der Waals surface area contributed by atoms with Gasteiger partial charge in [0.1, 0.15) is 22.3 Å². The number of anilines is 1. The van der Waals surface area contributed by atoms with Gasteiger partial charge >= 0.3 is 0 Å². The predicted molar refractivity (Wildman–Crippen MR) is 108 cm³/mol. The topological polar surface area (TPSA) is 96.2 Å². The third-order valence-corrected chi connectivity index (χ3v) is 5.22. The number of furan rings is 1. The molecule has 0 unspecified atom stereocenters. The van der Waals surface area contributed by atoms with Crippen LogP contribution < -0.4 is 10.6 Å². The summed E-state index contributed by atoms with van der Waals surface area (Å²) < 4.78 is 5.67. The monoisotopic (exact) mass is 398 g/mol. The van der Waals surface area contributed by atoms with Crippen molar-refractivity contribution in [3.05, 3.63) is 35.5 Å². The van der Waals surface area contributed by atoms with Crippen molar-refractivity contribution in [1.82, 2.24) is 25.2 Å². The van der Waals surface area contributed by atoms with Gasteiger partial charge in [0.25, 0.3) is 0 Å². The van der Waals surface area contributed by atoms with E-state index in [4.69, 9.17) is 4.42 Å². The highest BCUT2D eigenvalue weighted by Gasteiger charge is 2.19. The number of nitrogens with one attached hydrogen (secondary N) is 2. The molecule has 0 radical (unpaired) electrons. The van der Waals surface area contributed by atoms with Crippen molar-refractivity contribution in [2.24, 2.45) is 0 Å². The van der Waals surface area contributed by atoms with Crippen LogP contribution in [0, 0.1) is 6.92 Å². The van der Waals surface area contributed by atoms with Gasteiger partial charge in [0.05, 0.1) is 6.54 Å². The molecular weight excluding hydrogens is 376 g/mol. The van der Waals surface area contributed by atoms with Crippen LogP contribution in [0.15, 0.2) is 34.2 Å². The molecule has 8 nitrogen and oxygen atoms in total. The molecule has 3 aromatic heterocycles. The van der Waals surface area contributed by atoms with Crippen molar-refractivity contribution in [3.63, 3.8) is 0 Å². The fourth-order valence-electron chi connectivity index (χ4n) is 3.18. The number of amides is 1. The Bertz CT molecular complexity index is 955. The van der Waals surface area contributed by atoms with E-state index in [9.17, 15) is 4.79 Å². The van der Waals surface area contributed by atoms with E-state index in [0.717, 1.165) is 30.4 Å². The molecule has 1 atom stereocenters. The van der Waals surface area contributed by atoms with Gasteiger partial charge in [0.2, 0.25) is 5.91 Å². The van der Waals surface area contributed by atoms with E-state index in [0.29, 0.717) is 35.7 Å². The lowest BCUT2D eigenvalue weighted by Crippen LogP contribution is -2.51. The van der Waals surface area contributed by atoms with Crippen LogP contribution in [-0.4, -0.2) is 58.0 Å². The van der Waals surface area contributed by atoms with Crippen LogP contribution >= 0.6 is 11.3 Å². The number of nitrogens with zero attached hydrogens (tertiary/aromatic N) is 4. The molecule has 0 bridgehead atoms. The van der Waals surface area contributed by atoms with Crippen molar-refractivity contribution >= 4 is 23.1 Å². The molecule has 4 heterocycles. The van der Waals surface area contributed by atoms with E-state index >= 15 is 0 Å². The van der Waals surface area contributed by atoms with Gasteiger partial charge in [-0.3, -0.25) is 9.69 Å². The number of carbonyl (C=O) groups excluding carboxylic acids is 1. The zero-order valence-corrected chi connectivity index (χ0v) is 16.6. The van der Waals surface area contributed by atoms with Gasteiger partial charge in [0.15, 0.2) is 11.6 Å². The number of hydrogen-bond donors (Lipinski definition) is 2. The summed E-state index contributed by atoms with van der Waals surface area (Å²) in [5.41, 5.74) is 0.653. The molecule has 3 aromatic rings. The van der Waals surface area contributed by atoms with Crippen LogP contribution in [0.4, 0.5) is 5.82 Å². The fourth-order valence-corrected chi connectivity index (χ4v) is 3.77. The van der Waals surface area contributed by atoms with E-state index in [-0.39, 0.29) is 5.91 Å². The zero-order valence-electron chi connectivity index (χ0n) is 15.8. The summed E-state index contributed by atoms with van der Waals surface area (Å²) in [6.45, 7) is 6.90. The second kappa shape index (κ2) is 8.17. The molecule has 1 saturated heterocycles. The summed E-state index contributed by atoms with van der Waals surface area (Å²) in [5.74, 6) is 2.10. The molecule has 1 amide bonds. The first-order valence-corrected chi connectivity index (χ1v) is 10.1. The average Bonchev–Trinajstić information content (AvgIpc) is 3.33. The van der Waals surface area contributed by atoms with Crippen LogP contribution in [0.25, 0.3) is 22.3 Å². The lowest BCUT2D eigenvalue weighted by Gasteiger charge is -2.31. The van der Waals surface area contributed by atoms with Crippen LogP contribution in [0.3, 0.4) is 0 Å². The molecule has 28 heavy (non-hydrogen) atoms. The number of hydrogen-bond acceptors (Lipinski definition) is 8. The highest BCUT2D eigenvalue weighted by molar-refractivity contribution is 7.13. The zero-order chi connectivity index (χ0) is 19.5. The summed E-state index contributed by atoms with van der Waals surface area (Å²) in [4.78, 5) is 28.1. The molecule has 146 valence electrons. The van der Waals surface area contributed by atoms with Gasteiger partial charge in [-0.25, -0.2) is 15.0 Å². The molecule has 1 aliphatic rings. The second-order valence-electron chi connectivity index (χ2n) is 6.85. The maximum absolute atomic E-state index is 12.6. The third kappa shape index (κ3) is 4.44. The number of aryl methyl sites for hydroxylation is 1. The van der Waals surface area contributed by atoms with Crippen molar-refractivity contribution in [2.75, 3.05) is 31.5 Å². The molecule has 9 heteroatoms. The normalized spacial score (nSPS) is 17.6. The van der Waals surface area contributed by atoms with Crippen LogP contribution in [0.2, 0.25) is 0 Å². The van der Waals surface area contributed by atoms with Gasteiger partial charge in [-0.1, -0.05) is 0 Å². The molecule has 2 N–H and O–H groups in total. The van der Waals surface area contributed by atoms with Gasteiger partial charge in [-0.05, 0) is 26.0 Å². The van der Waals surface area contributed by atoms with Gasteiger partial charge in [-0.15, -0.1) is 11.3 Å². The Morgan fingerprint density at radius 3 is 3.04 bits per heavy atom. The molecule has 1 fully saturated rings. The molecule has 0 aromatic carbocycles. The summed E-state index contributed by atoms with van der Waals surface area (Å²) in [7, 11) is 0. The third-order valence-electron chi connectivity index (χ3n) is 4.43. The Labute approximate surface area is 167 Å². The van der Waals surface area contributed by atoms with Crippen molar-refractivity contribution < 1.29 is 9.21 Å². The molecule has 1 aliphatic heterocycles. The number of thiazole rings is 1. The smallest absolute Gasteiger partial charge is 0.239 e. The first kappa shape index (κ1) is 18.7. The van der Waals surface area contributed by atoms with Gasteiger partial charge in [0, 0.05) is 43.3 Å². The Morgan fingerprint density at radius 1 is 1.43 bits per heavy atom. The minimum Gasteiger partial charge on any atom is -0.458 e. The van der Waals surface area contributed by atoms with Gasteiger partial charge in [-0.2, -0.15) is 0 Å². The van der Waals surface area contributed by atoms with Crippen molar-refractivity contribution in [1.29, 1.82) is 0 Å². The van der Waals surface area contributed by atoms with E-state index in [2.05, 4.69) is 37.4 Å². The summed E-state index contributed by atoms with van der Waals surface area (Å²) >= 11 is 1.48. The van der Waals surface area contributed by atoms with Crippen LogP contribution in [0.1, 0.15) is 12.7 Å².